The van der Waals surface area contributed by atoms with Gasteiger partial charge in [0.05, 0.1) is 0 Å². The van der Waals surface area contributed by atoms with Gasteiger partial charge in [0.1, 0.15) is 0 Å². The first-order valence-corrected chi connectivity index (χ1v) is 5.25. The number of nitrogens with two attached hydrogens (primary N) is 1. The molecule has 0 radical (unpaired) electrons. The minimum Gasteiger partial charge on any atom is -0.396 e. The summed E-state index contributed by atoms with van der Waals surface area (Å²) in [5.41, 5.74) is 8.29. The average molecular weight is 241 g/mol. The van der Waals surface area contributed by atoms with Crippen molar-refractivity contribution in [3.63, 3.8) is 0 Å². The summed E-state index contributed by atoms with van der Waals surface area (Å²) in [5, 5.41) is 9.93. The Morgan fingerprint density at radius 1 is 1.31 bits per heavy atom. The number of nitrogens with one attached hydrogen (secondary N) is 1. The molecule has 0 saturated carbocycles. The molecule has 0 aliphatic rings. The van der Waals surface area contributed by atoms with Gasteiger partial charge in [0.15, 0.2) is 0 Å². The van der Waals surface area contributed by atoms with Crippen molar-refractivity contribution < 1.29 is 5.11 Å². The maximum Gasteiger partial charge on any atom is 0.0454 e. The summed E-state index contributed by atoms with van der Waals surface area (Å²) in [6.45, 7) is 0.208. The van der Waals surface area contributed by atoms with Crippen LogP contribution < -0.4 is 5.73 Å². The van der Waals surface area contributed by atoms with E-state index in [0.717, 1.165) is 23.9 Å². The SMILES string of the molecule is Cl.N[C@H](CCCO)c1ccc2[nH]ccc2c1. The minimum atomic E-state index is 0. The number of aromatic amines is 1. The standard InChI is InChI=1S/C12H16N2O.ClH/c13-11(2-1-7-15)9-3-4-12-10(8-9)5-6-14-12;/h3-6,8,11,14-15H,1-2,7,13H2;1H/t11-;/m1./s1. The molecule has 0 aliphatic carbocycles. The lowest BCUT2D eigenvalue weighted by Crippen LogP contribution is -2.10. The Hall–Kier alpha value is -1.03. The average Bonchev–Trinajstić information content (AvgIpc) is 2.72. The van der Waals surface area contributed by atoms with E-state index < -0.39 is 0 Å². The van der Waals surface area contributed by atoms with Gasteiger partial charge in [-0.15, -0.1) is 12.4 Å². The maximum absolute atomic E-state index is 8.74. The van der Waals surface area contributed by atoms with E-state index in [1.54, 1.807) is 0 Å². The third kappa shape index (κ3) is 2.76. The Bertz CT molecular complexity index is 441. The van der Waals surface area contributed by atoms with Crippen molar-refractivity contribution in [2.75, 3.05) is 6.61 Å². The highest BCUT2D eigenvalue weighted by atomic mass is 35.5. The summed E-state index contributed by atoms with van der Waals surface area (Å²) in [4.78, 5) is 3.15. The molecule has 2 rings (SSSR count). The van der Waals surface area contributed by atoms with Crippen molar-refractivity contribution in [3.05, 3.63) is 36.0 Å². The number of benzene rings is 1. The molecule has 1 aromatic carbocycles. The van der Waals surface area contributed by atoms with E-state index in [2.05, 4.69) is 11.1 Å². The topological polar surface area (TPSA) is 62.0 Å². The van der Waals surface area contributed by atoms with Crippen molar-refractivity contribution >= 4 is 23.3 Å². The molecule has 2 aromatic rings. The van der Waals surface area contributed by atoms with E-state index in [0.29, 0.717) is 0 Å². The van der Waals surface area contributed by atoms with Gasteiger partial charge in [0.25, 0.3) is 0 Å². The third-order valence-electron chi connectivity index (χ3n) is 2.68. The molecule has 1 heterocycles. The summed E-state index contributed by atoms with van der Waals surface area (Å²) in [6, 6.07) is 8.26. The molecule has 0 amide bonds. The molecule has 0 saturated heterocycles. The Kier molecular flexibility index (Phi) is 4.80. The zero-order valence-electron chi connectivity index (χ0n) is 9.02. The van der Waals surface area contributed by atoms with Crippen LogP contribution in [0.4, 0.5) is 0 Å². The van der Waals surface area contributed by atoms with Crippen LogP contribution in [0.5, 0.6) is 0 Å². The lowest BCUT2D eigenvalue weighted by molar-refractivity contribution is 0.280. The summed E-state index contributed by atoms with van der Waals surface area (Å²) in [6.07, 6.45) is 3.51. The van der Waals surface area contributed by atoms with E-state index >= 15 is 0 Å². The molecule has 0 aliphatic heterocycles. The van der Waals surface area contributed by atoms with Crippen molar-refractivity contribution in [1.82, 2.24) is 4.98 Å². The van der Waals surface area contributed by atoms with Crippen LogP contribution >= 0.6 is 12.4 Å². The summed E-state index contributed by atoms with van der Waals surface area (Å²) in [5.74, 6) is 0. The van der Waals surface area contributed by atoms with Crippen LogP contribution in [0.25, 0.3) is 10.9 Å². The predicted octanol–water partition coefficient (Wildman–Crippen LogP) is 2.36. The van der Waals surface area contributed by atoms with Crippen molar-refractivity contribution in [1.29, 1.82) is 0 Å². The molecule has 0 bridgehead atoms. The summed E-state index contributed by atoms with van der Waals surface area (Å²) < 4.78 is 0. The number of aliphatic hydroxyl groups is 1. The van der Waals surface area contributed by atoms with E-state index in [1.165, 1.54) is 5.39 Å². The highest BCUT2D eigenvalue weighted by Gasteiger charge is 2.06. The van der Waals surface area contributed by atoms with Crippen molar-refractivity contribution in [3.8, 4) is 0 Å². The monoisotopic (exact) mass is 240 g/mol. The van der Waals surface area contributed by atoms with Gasteiger partial charge >= 0.3 is 0 Å². The van der Waals surface area contributed by atoms with Crippen LogP contribution in [0.15, 0.2) is 30.5 Å². The van der Waals surface area contributed by atoms with E-state index in [9.17, 15) is 0 Å². The fourth-order valence-corrected chi connectivity index (χ4v) is 1.78. The van der Waals surface area contributed by atoms with E-state index in [1.807, 2.05) is 24.4 Å². The Labute approximate surface area is 101 Å². The second-order valence-electron chi connectivity index (χ2n) is 3.80. The molecule has 4 N–H and O–H groups in total. The number of aliphatic hydroxyl groups excluding tert-OH is 1. The Morgan fingerprint density at radius 2 is 2.12 bits per heavy atom. The van der Waals surface area contributed by atoms with E-state index in [4.69, 9.17) is 10.8 Å². The van der Waals surface area contributed by atoms with Crippen LogP contribution in [-0.2, 0) is 0 Å². The lowest BCUT2D eigenvalue weighted by atomic mass is 10.0. The molecule has 16 heavy (non-hydrogen) atoms. The third-order valence-corrected chi connectivity index (χ3v) is 2.68. The summed E-state index contributed by atoms with van der Waals surface area (Å²) >= 11 is 0. The first-order chi connectivity index (χ1) is 7.31. The highest BCUT2D eigenvalue weighted by Crippen LogP contribution is 2.20. The van der Waals surface area contributed by atoms with Crippen LogP contribution in [-0.4, -0.2) is 16.7 Å². The molecule has 1 atom stereocenters. The van der Waals surface area contributed by atoms with Gasteiger partial charge in [-0.1, -0.05) is 6.07 Å². The minimum absolute atomic E-state index is 0. The predicted molar refractivity (Wildman–Crippen MR) is 68.8 cm³/mol. The van der Waals surface area contributed by atoms with Crippen LogP contribution in [0.1, 0.15) is 24.4 Å². The normalized spacial score (nSPS) is 12.4. The molecule has 88 valence electrons. The zero-order valence-corrected chi connectivity index (χ0v) is 9.83. The number of H-pyrrole nitrogens is 1. The van der Waals surface area contributed by atoms with Crippen LogP contribution in [0, 0.1) is 0 Å². The van der Waals surface area contributed by atoms with Crippen molar-refractivity contribution in [2.45, 2.75) is 18.9 Å². The molecule has 0 unspecified atom stereocenters. The molecule has 4 heteroatoms. The van der Waals surface area contributed by atoms with Gasteiger partial charge in [-0.2, -0.15) is 0 Å². The number of halogens is 1. The Morgan fingerprint density at radius 3 is 2.88 bits per heavy atom. The van der Waals surface area contributed by atoms with Crippen molar-refractivity contribution in [2.24, 2.45) is 5.73 Å². The summed E-state index contributed by atoms with van der Waals surface area (Å²) in [7, 11) is 0. The number of aromatic nitrogens is 1. The number of hydrogen-bond donors (Lipinski definition) is 3. The van der Waals surface area contributed by atoms with Gasteiger partial charge in [0, 0.05) is 24.4 Å². The molecule has 0 spiro atoms. The first-order valence-electron chi connectivity index (χ1n) is 5.25. The second kappa shape index (κ2) is 5.89. The molecular weight excluding hydrogens is 224 g/mol. The number of fused-ring (bicyclic) bond motifs is 1. The molecule has 1 aromatic heterocycles. The maximum atomic E-state index is 8.74. The van der Waals surface area contributed by atoms with Crippen LogP contribution in [0.3, 0.4) is 0 Å². The number of rotatable bonds is 4. The Balaban J connectivity index is 0.00000128. The van der Waals surface area contributed by atoms with Gasteiger partial charge < -0.3 is 15.8 Å². The molecular formula is C12H17ClN2O. The van der Waals surface area contributed by atoms with Gasteiger partial charge in [-0.05, 0) is 42.0 Å². The number of hydrogen-bond acceptors (Lipinski definition) is 2. The van der Waals surface area contributed by atoms with E-state index in [-0.39, 0.29) is 25.1 Å². The van der Waals surface area contributed by atoms with Gasteiger partial charge in [-0.3, -0.25) is 0 Å². The zero-order chi connectivity index (χ0) is 10.7. The first kappa shape index (κ1) is 13.0. The lowest BCUT2D eigenvalue weighted by Gasteiger charge is -2.11. The molecule has 3 nitrogen and oxygen atoms in total. The molecule has 0 fully saturated rings. The van der Waals surface area contributed by atoms with Gasteiger partial charge in [0.2, 0.25) is 0 Å². The quantitative estimate of drug-likeness (QED) is 0.768. The fourth-order valence-electron chi connectivity index (χ4n) is 1.78. The van der Waals surface area contributed by atoms with Gasteiger partial charge in [-0.25, -0.2) is 0 Å². The second-order valence-corrected chi connectivity index (χ2v) is 3.80. The fraction of sp³-hybridized carbons (Fsp3) is 0.333. The largest absolute Gasteiger partial charge is 0.396 e. The van der Waals surface area contributed by atoms with Crippen LogP contribution in [0.2, 0.25) is 0 Å². The smallest absolute Gasteiger partial charge is 0.0454 e. The highest BCUT2D eigenvalue weighted by molar-refractivity contribution is 5.85.